The van der Waals surface area contributed by atoms with Gasteiger partial charge in [-0.3, -0.25) is 14.3 Å². The molecule has 5 rings (SSSR count). The highest BCUT2D eigenvalue weighted by molar-refractivity contribution is 6.04. The minimum Gasteiger partial charge on any atom is -0.425 e. The predicted molar refractivity (Wildman–Crippen MR) is 113 cm³/mol. The Labute approximate surface area is 170 Å². The first-order valence-electron chi connectivity index (χ1n) is 9.41. The minimum absolute atomic E-state index is 0.00686. The van der Waals surface area contributed by atoms with Crippen LogP contribution in [-0.2, 0) is 6.54 Å². The maximum atomic E-state index is 12.6. The molecule has 148 valence electrons. The Balaban J connectivity index is 1.38. The summed E-state index contributed by atoms with van der Waals surface area (Å²) in [5.41, 5.74) is 2.99. The Kier molecular flexibility index (Phi) is 4.21. The molecule has 7 nitrogen and oxygen atoms in total. The molecule has 1 N–H and O–H groups in total. The summed E-state index contributed by atoms with van der Waals surface area (Å²) in [6.07, 6.45) is 3.30. The topological polar surface area (TPSA) is 90.3 Å². The fourth-order valence-electron chi connectivity index (χ4n) is 3.41. The predicted octanol–water partition coefficient (Wildman–Crippen LogP) is 4.34. The van der Waals surface area contributed by atoms with Gasteiger partial charge in [-0.2, -0.15) is 5.10 Å². The highest BCUT2D eigenvalue weighted by Crippen LogP contribution is 2.22. The van der Waals surface area contributed by atoms with Gasteiger partial charge in [0.2, 0.25) is 5.43 Å². The highest BCUT2D eigenvalue weighted by Gasteiger charge is 2.18. The van der Waals surface area contributed by atoms with E-state index in [1.165, 1.54) is 11.6 Å². The standard InChI is InChI=1S/C23H17N3O4/c1-14-5-4-6-15(9-14)12-26-13-16(11-24-26)25-22(28)20-10-18-21(27)17-7-2-3-8-19(17)29-23(18)30-20/h2-11,13H,12H2,1H3,(H,25,28). The number of furan rings is 1. The molecular formula is C23H17N3O4. The number of carbonyl (C=O) groups excluding carboxylic acids is 1. The van der Waals surface area contributed by atoms with Gasteiger partial charge in [0.25, 0.3) is 5.91 Å². The molecule has 30 heavy (non-hydrogen) atoms. The van der Waals surface area contributed by atoms with E-state index >= 15 is 0 Å². The maximum Gasteiger partial charge on any atom is 0.302 e. The smallest absolute Gasteiger partial charge is 0.302 e. The van der Waals surface area contributed by atoms with Crippen molar-refractivity contribution < 1.29 is 13.6 Å². The number of benzene rings is 2. The molecule has 2 aromatic carbocycles. The fraction of sp³-hybridized carbons (Fsp3) is 0.0870. The molecule has 0 radical (unpaired) electrons. The Bertz CT molecular complexity index is 1460. The number of carbonyl (C=O) groups is 1. The minimum atomic E-state index is -0.486. The van der Waals surface area contributed by atoms with Crippen molar-refractivity contribution in [1.82, 2.24) is 9.78 Å². The molecule has 0 unspecified atom stereocenters. The normalized spacial score (nSPS) is 11.2. The highest BCUT2D eigenvalue weighted by atomic mass is 16.5. The molecule has 0 bridgehead atoms. The number of nitrogens with zero attached hydrogens (tertiary/aromatic N) is 2. The van der Waals surface area contributed by atoms with Crippen LogP contribution in [0.1, 0.15) is 21.7 Å². The van der Waals surface area contributed by atoms with Crippen LogP contribution in [0.2, 0.25) is 0 Å². The lowest BCUT2D eigenvalue weighted by molar-refractivity contribution is 0.0997. The Morgan fingerprint density at radius 3 is 2.80 bits per heavy atom. The van der Waals surface area contributed by atoms with Crippen LogP contribution in [0.5, 0.6) is 0 Å². The van der Waals surface area contributed by atoms with Crippen molar-refractivity contribution in [2.75, 3.05) is 5.32 Å². The molecule has 1 amide bonds. The number of aryl methyl sites for hydroxylation is 1. The lowest BCUT2D eigenvalue weighted by Crippen LogP contribution is -2.10. The number of aromatic nitrogens is 2. The van der Waals surface area contributed by atoms with E-state index in [9.17, 15) is 9.59 Å². The van der Waals surface area contributed by atoms with Gasteiger partial charge in [0.05, 0.1) is 23.8 Å². The Hall–Kier alpha value is -4.13. The third-order valence-corrected chi connectivity index (χ3v) is 4.82. The van der Waals surface area contributed by atoms with E-state index in [1.807, 2.05) is 25.1 Å². The molecule has 0 aliphatic heterocycles. The maximum absolute atomic E-state index is 12.6. The van der Waals surface area contributed by atoms with Crippen LogP contribution in [0.3, 0.4) is 0 Å². The van der Waals surface area contributed by atoms with Gasteiger partial charge in [-0.1, -0.05) is 42.0 Å². The molecular weight excluding hydrogens is 382 g/mol. The van der Waals surface area contributed by atoms with Gasteiger partial charge in [0, 0.05) is 12.3 Å². The van der Waals surface area contributed by atoms with Crippen molar-refractivity contribution in [2.24, 2.45) is 0 Å². The van der Waals surface area contributed by atoms with Crippen molar-refractivity contribution in [1.29, 1.82) is 0 Å². The fourth-order valence-corrected chi connectivity index (χ4v) is 3.41. The molecule has 0 aliphatic carbocycles. The second-order valence-electron chi connectivity index (χ2n) is 7.11. The van der Waals surface area contributed by atoms with Gasteiger partial charge in [0.1, 0.15) is 11.0 Å². The molecule has 0 saturated carbocycles. The van der Waals surface area contributed by atoms with Gasteiger partial charge < -0.3 is 14.2 Å². The van der Waals surface area contributed by atoms with Crippen molar-refractivity contribution >= 4 is 33.7 Å². The second kappa shape index (κ2) is 7.04. The van der Waals surface area contributed by atoms with Crippen LogP contribution in [0.4, 0.5) is 5.69 Å². The number of fused-ring (bicyclic) bond motifs is 2. The van der Waals surface area contributed by atoms with E-state index in [0.29, 0.717) is 23.2 Å². The first kappa shape index (κ1) is 17.9. The van der Waals surface area contributed by atoms with Gasteiger partial charge in [-0.05, 0) is 24.6 Å². The number of rotatable bonds is 4. The molecule has 0 aliphatic rings. The number of anilines is 1. The largest absolute Gasteiger partial charge is 0.425 e. The van der Waals surface area contributed by atoms with Crippen LogP contribution in [0, 0.1) is 6.92 Å². The third-order valence-electron chi connectivity index (χ3n) is 4.82. The van der Waals surface area contributed by atoms with Crippen molar-refractivity contribution in [2.45, 2.75) is 13.5 Å². The van der Waals surface area contributed by atoms with E-state index < -0.39 is 5.91 Å². The average molecular weight is 399 g/mol. The summed E-state index contributed by atoms with van der Waals surface area (Å²) < 4.78 is 12.9. The van der Waals surface area contributed by atoms with Crippen LogP contribution in [0.15, 0.2) is 80.6 Å². The number of hydrogen-bond donors (Lipinski definition) is 1. The summed E-state index contributed by atoms with van der Waals surface area (Å²) in [6.45, 7) is 2.63. The summed E-state index contributed by atoms with van der Waals surface area (Å²) in [4.78, 5) is 25.2. The molecule has 3 aromatic heterocycles. The van der Waals surface area contributed by atoms with E-state index in [2.05, 4.69) is 16.5 Å². The Morgan fingerprint density at radius 2 is 1.93 bits per heavy atom. The van der Waals surface area contributed by atoms with Crippen LogP contribution >= 0.6 is 0 Å². The van der Waals surface area contributed by atoms with Crippen molar-refractivity contribution in [3.05, 3.63) is 94.1 Å². The van der Waals surface area contributed by atoms with Crippen molar-refractivity contribution in [3.8, 4) is 0 Å². The quantitative estimate of drug-likeness (QED) is 0.485. The molecule has 3 heterocycles. The van der Waals surface area contributed by atoms with Crippen LogP contribution in [0.25, 0.3) is 22.1 Å². The monoisotopic (exact) mass is 399 g/mol. The van der Waals surface area contributed by atoms with Crippen LogP contribution in [-0.4, -0.2) is 15.7 Å². The lowest BCUT2D eigenvalue weighted by atomic mass is 10.1. The zero-order chi connectivity index (χ0) is 20.7. The summed E-state index contributed by atoms with van der Waals surface area (Å²) >= 11 is 0. The average Bonchev–Trinajstić information content (AvgIpc) is 3.35. The first-order valence-corrected chi connectivity index (χ1v) is 9.41. The van der Waals surface area contributed by atoms with Gasteiger partial charge in [0.15, 0.2) is 5.76 Å². The number of hydrogen-bond acceptors (Lipinski definition) is 5. The summed E-state index contributed by atoms with van der Waals surface area (Å²) in [5.74, 6) is -0.466. The van der Waals surface area contributed by atoms with E-state index in [-0.39, 0.29) is 22.4 Å². The molecule has 5 aromatic rings. The second-order valence-corrected chi connectivity index (χ2v) is 7.11. The lowest BCUT2D eigenvalue weighted by Gasteiger charge is -2.03. The van der Waals surface area contributed by atoms with Gasteiger partial charge >= 0.3 is 5.78 Å². The SMILES string of the molecule is Cc1cccc(Cn2cc(NC(=O)c3cc4c(=O)c5ccccc5oc4o3)cn2)c1. The summed E-state index contributed by atoms with van der Waals surface area (Å²) in [5, 5.41) is 7.69. The van der Waals surface area contributed by atoms with E-state index in [4.69, 9.17) is 8.83 Å². The zero-order valence-corrected chi connectivity index (χ0v) is 16.1. The molecule has 0 saturated heterocycles. The summed E-state index contributed by atoms with van der Waals surface area (Å²) in [7, 11) is 0. The summed E-state index contributed by atoms with van der Waals surface area (Å²) in [6, 6.07) is 16.4. The molecule has 7 heteroatoms. The van der Waals surface area contributed by atoms with E-state index in [1.54, 1.807) is 41.3 Å². The zero-order valence-electron chi connectivity index (χ0n) is 16.1. The van der Waals surface area contributed by atoms with Gasteiger partial charge in [-0.25, -0.2) is 0 Å². The number of amides is 1. The Morgan fingerprint density at radius 1 is 1.07 bits per heavy atom. The van der Waals surface area contributed by atoms with Crippen LogP contribution < -0.4 is 10.7 Å². The van der Waals surface area contributed by atoms with E-state index in [0.717, 1.165) is 5.56 Å². The third kappa shape index (κ3) is 3.26. The number of nitrogens with one attached hydrogen (secondary N) is 1. The van der Waals surface area contributed by atoms with Crippen molar-refractivity contribution in [3.63, 3.8) is 0 Å². The number of para-hydroxylation sites is 1. The molecule has 0 atom stereocenters. The molecule has 0 spiro atoms. The van der Waals surface area contributed by atoms with Gasteiger partial charge in [-0.15, -0.1) is 0 Å². The first-order chi connectivity index (χ1) is 14.6. The molecule has 0 fully saturated rings.